The molecule has 0 bridgehead atoms. The van der Waals surface area contributed by atoms with E-state index in [-0.39, 0.29) is 5.75 Å². The average Bonchev–Trinajstić information content (AvgIpc) is 2.35. The van der Waals surface area contributed by atoms with Crippen LogP contribution < -0.4 is 4.90 Å². The van der Waals surface area contributed by atoms with Gasteiger partial charge < -0.3 is 10.0 Å². The monoisotopic (exact) mass is 264 g/mol. The highest BCUT2D eigenvalue weighted by atomic mass is 35.5. The number of phenols is 1. The Hall–Kier alpha value is -1.48. The summed E-state index contributed by atoms with van der Waals surface area (Å²) in [6.07, 6.45) is 1.79. The highest BCUT2D eigenvalue weighted by Crippen LogP contribution is 2.28. The molecule has 0 radical (unpaired) electrons. The third kappa shape index (κ3) is 2.51. The maximum Gasteiger partial charge on any atom is 0.136 e. The van der Waals surface area contributed by atoms with Gasteiger partial charge in [-0.3, -0.25) is 0 Å². The molecular formula is C14H17ClN2O. The first kappa shape index (κ1) is 13.0. The lowest BCUT2D eigenvalue weighted by Gasteiger charge is -2.28. The van der Waals surface area contributed by atoms with Gasteiger partial charge in [-0.1, -0.05) is 6.07 Å². The summed E-state index contributed by atoms with van der Waals surface area (Å²) < 4.78 is 0. The van der Waals surface area contributed by atoms with E-state index in [1.165, 1.54) is 0 Å². The maximum absolute atomic E-state index is 9.63. The van der Waals surface area contributed by atoms with Crippen molar-refractivity contribution in [2.75, 3.05) is 17.3 Å². The quantitative estimate of drug-likeness (QED) is 0.860. The first-order chi connectivity index (χ1) is 8.63. The standard InChI is InChI=1S/C14H17ClN2O/c1-10(2)17(8-6-15)14-13-9-12(18)4-3-11(13)5-7-16-14/h3-5,7,9-10,18H,6,8H2,1-2H3. The Morgan fingerprint density at radius 2 is 2.11 bits per heavy atom. The zero-order valence-corrected chi connectivity index (χ0v) is 11.4. The largest absolute Gasteiger partial charge is 0.508 e. The van der Waals surface area contributed by atoms with Gasteiger partial charge in [-0.2, -0.15) is 0 Å². The van der Waals surface area contributed by atoms with Gasteiger partial charge in [-0.05, 0) is 37.4 Å². The lowest BCUT2D eigenvalue weighted by Crippen LogP contribution is -2.33. The van der Waals surface area contributed by atoms with Crippen LogP contribution in [0.4, 0.5) is 5.82 Å². The van der Waals surface area contributed by atoms with Crippen molar-refractivity contribution < 1.29 is 5.11 Å². The summed E-state index contributed by atoms with van der Waals surface area (Å²) in [5.41, 5.74) is 0. The number of nitrogens with zero attached hydrogens (tertiary/aromatic N) is 2. The second kappa shape index (κ2) is 5.44. The molecule has 1 aromatic heterocycles. The van der Waals surface area contributed by atoms with Gasteiger partial charge in [0.05, 0.1) is 0 Å². The summed E-state index contributed by atoms with van der Waals surface area (Å²) in [6.45, 7) is 4.95. The van der Waals surface area contributed by atoms with Crippen LogP contribution >= 0.6 is 11.6 Å². The van der Waals surface area contributed by atoms with Crippen LogP contribution in [0, 0.1) is 0 Å². The molecule has 1 heterocycles. The Morgan fingerprint density at radius 3 is 2.78 bits per heavy atom. The number of pyridine rings is 1. The van der Waals surface area contributed by atoms with Crippen molar-refractivity contribution in [1.82, 2.24) is 4.98 Å². The molecule has 0 atom stereocenters. The van der Waals surface area contributed by atoms with Crippen LogP contribution in [0.15, 0.2) is 30.5 Å². The molecule has 18 heavy (non-hydrogen) atoms. The second-order valence-electron chi connectivity index (χ2n) is 4.52. The lowest BCUT2D eigenvalue weighted by molar-refractivity contribution is 0.476. The molecule has 0 aliphatic rings. The number of hydrogen-bond donors (Lipinski definition) is 1. The van der Waals surface area contributed by atoms with Crippen LogP contribution in [0.5, 0.6) is 5.75 Å². The number of phenolic OH excluding ortho intramolecular Hbond substituents is 1. The number of halogens is 1. The fourth-order valence-electron chi connectivity index (χ4n) is 2.07. The van der Waals surface area contributed by atoms with Crippen molar-refractivity contribution in [3.63, 3.8) is 0 Å². The first-order valence-corrected chi connectivity index (χ1v) is 6.57. The number of aromatic nitrogens is 1. The molecule has 0 fully saturated rings. The number of rotatable bonds is 4. The van der Waals surface area contributed by atoms with E-state index in [1.54, 1.807) is 18.3 Å². The van der Waals surface area contributed by atoms with Gasteiger partial charge in [0.15, 0.2) is 0 Å². The Bertz CT molecular complexity index is 542. The van der Waals surface area contributed by atoms with Crippen molar-refractivity contribution in [3.05, 3.63) is 30.5 Å². The number of benzene rings is 1. The minimum atomic E-state index is 0.256. The smallest absolute Gasteiger partial charge is 0.136 e. The van der Waals surface area contributed by atoms with E-state index in [0.717, 1.165) is 23.1 Å². The third-order valence-electron chi connectivity index (χ3n) is 2.95. The molecule has 0 amide bonds. The maximum atomic E-state index is 9.63. The van der Waals surface area contributed by atoms with Crippen molar-refractivity contribution in [3.8, 4) is 5.75 Å². The molecule has 4 heteroatoms. The van der Waals surface area contributed by atoms with Crippen LogP contribution in [0.3, 0.4) is 0 Å². The first-order valence-electron chi connectivity index (χ1n) is 6.04. The summed E-state index contributed by atoms with van der Waals surface area (Å²) in [5.74, 6) is 1.68. The normalized spacial score (nSPS) is 11.1. The second-order valence-corrected chi connectivity index (χ2v) is 4.89. The molecule has 1 aromatic carbocycles. The average molecular weight is 265 g/mol. The van der Waals surface area contributed by atoms with Crippen LogP contribution in [-0.4, -0.2) is 28.6 Å². The summed E-state index contributed by atoms with van der Waals surface area (Å²) in [5, 5.41) is 11.7. The van der Waals surface area contributed by atoms with Crippen LogP contribution in [0.25, 0.3) is 10.8 Å². The summed E-state index contributed by atoms with van der Waals surface area (Å²) in [4.78, 5) is 6.59. The number of alkyl halides is 1. The Kier molecular flexibility index (Phi) is 3.92. The van der Waals surface area contributed by atoms with Gasteiger partial charge in [0, 0.05) is 30.0 Å². The van der Waals surface area contributed by atoms with Gasteiger partial charge >= 0.3 is 0 Å². The van der Waals surface area contributed by atoms with Crippen molar-refractivity contribution in [1.29, 1.82) is 0 Å². The molecule has 2 aromatic rings. The zero-order valence-electron chi connectivity index (χ0n) is 10.6. The molecule has 0 aliphatic heterocycles. The lowest BCUT2D eigenvalue weighted by atomic mass is 10.1. The number of aromatic hydroxyl groups is 1. The Labute approximate surface area is 112 Å². The van der Waals surface area contributed by atoms with Gasteiger partial charge in [0.25, 0.3) is 0 Å². The van der Waals surface area contributed by atoms with E-state index in [1.807, 2.05) is 12.1 Å². The summed E-state index contributed by atoms with van der Waals surface area (Å²) >= 11 is 5.85. The number of fused-ring (bicyclic) bond motifs is 1. The van der Waals surface area contributed by atoms with Gasteiger partial charge in [-0.25, -0.2) is 4.98 Å². The van der Waals surface area contributed by atoms with Crippen LogP contribution in [0.2, 0.25) is 0 Å². The SMILES string of the molecule is CC(C)N(CCCl)c1nccc2ccc(O)cc12. The third-order valence-corrected chi connectivity index (χ3v) is 3.12. The molecule has 96 valence electrons. The van der Waals surface area contributed by atoms with E-state index in [2.05, 4.69) is 23.7 Å². The fraction of sp³-hybridized carbons (Fsp3) is 0.357. The minimum absolute atomic E-state index is 0.256. The molecule has 0 unspecified atom stereocenters. The predicted molar refractivity (Wildman–Crippen MR) is 76.6 cm³/mol. The van der Waals surface area contributed by atoms with Crippen LogP contribution in [-0.2, 0) is 0 Å². The molecule has 3 nitrogen and oxygen atoms in total. The van der Waals surface area contributed by atoms with E-state index >= 15 is 0 Å². The van der Waals surface area contributed by atoms with Crippen molar-refractivity contribution in [2.24, 2.45) is 0 Å². The molecule has 2 rings (SSSR count). The number of anilines is 1. The van der Waals surface area contributed by atoms with Gasteiger partial charge in [0.2, 0.25) is 0 Å². The summed E-state index contributed by atoms with van der Waals surface area (Å²) in [7, 11) is 0. The van der Waals surface area contributed by atoms with E-state index in [4.69, 9.17) is 11.6 Å². The zero-order chi connectivity index (χ0) is 13.1. The Balaban J connectivity index is 2.57. The Morgan fingerprint density at radius 1 is 1.33 bits per heavy atom. The molecule has 0 saturated heterocycles. The highest BCUT2D eigenvalue weighted by Gasteiger charge is 2.14. The molecular weight excluding hydrogens is 248 g/mol. The molecule has 0 saturated carbocycles. The highest BCUT2D eigenvalue weighted by molar-refractivity contribution is 6.18. The van der Waals surface area contributed by atoms with Crippen molar-refractivity contribution >= 4 is 28.2 Å². The predicted octanol–water partition coefficient (Wildman–Crippen LogP) is 3.39. The fourth-order valence-corrected chi connectivity index (χ4v) is 2.25. The van der Waals surface area contributed by atoms with E-state index < -0.39 is 0 Å². The van der Waals surface area contributed by atoms with E-state index in [0.29, 0.717) is 11.9 Å². The minimum Gasteiger partial charge on any atom is -0.508 e. The molecule has 0 spiro atoms. The molecule has 1 N–H and O–H groups in total. The van der Waals surface area contributed by atoms with Crippen LogP contribution in [0.1, 0.15) is 13.8 Å². The van der Waals surface area contributed by atoms with Crippen molar-refractivity contribution in [2.45, 2.75) is 19.9 Å². The topological polar surface area (TPSA) is 36.4 Å². The molecule has 0 aliphatic carbocycles. The van der Waals surface area contributed by atoms with Gasteiger partial charge in [-0.15, -0.1) is 11.6 Å². The number of hydrogen-bond acceptors (Lipinski definition) is 3. The summed E-state index contributed by atoms with van der Waals surface area (Å²) in [6, 6.07) is 7.59. The van der Waals surface area contributed by atoms with E-state index in [9.17, 15) is 5.11 Å². The van der Waals surface area contributed by atoms with Gasteiger partial charge in [0.1, 0.15) is 11.6 Å².